The van der Waals surface area contributed by atoms with Crippen LogP contribution in [0.1, 0.15) is 47.0 Å². The lowest BCUT2D eigenvalue weighted by Gasteiger charge is -2.17. The maximum absolute atomic E-state index is 3.63. The first kappa shape index (κ1) is 10.0. The summed E-state index contributed by atoms with van der Waals surface area (Å²) in [6.07, 6.45) is 4.22. The van der Waals surface area contributed by atoms with Gasteiger partial charge in [0.1, 0.15) is 0 Å². The van der Waals surface area contributed by atoms with Gasteiger partial charge in [0.05, 0.1) is 0 Å². The third-order valence-corrected chi connectivity index (χ3v) is 2.99. The van der Waals surface area contributed by atoms with E-state index < -0.39 is 0 Å². The van der Waals surface area contributed by atoms with Crippen molar-refractivity contribution in [1.82, 2.24) is 5.32 Å². The van der Waals surface area contributed by atoms with E-state index in [1.54, 1.807) is 0 Å². The van der Waals surface area contributed by atoms with Crippen LogP contribution in [0.15, 0.2) is 0 Å². The Morgan fingerprint density at radius 1 is 1.08 bits per heavy atom. The molecule has 0 aromatic heterocycles. The second-order valence-corrected chi connectivity index (χ2v) is 4.84. The van der Waals surface area contributed by atoms with E-state index in [2.05, 4.69) is 33.0 Å². The summed E-state index contributed by atoms with van der Waals surface area (Å²) in [5.74, 6) is 1.85. The summed E-state index contributed by atoms with van der Waals surface area (Å²) in [4.78, 5) is 0. The van der Waals surface area contributed by atoms with Crippen LogP contribution in [0.5, 0.6) is 0 Å². The Hall–Kier alpha value is -0.0400. The van der Waals surface area contributed by atoms with Crippen LogP contribution in [-0.2, 0) is 0 Å². The summed E-state index contributed by atoms with van der Waals surface area (Å²) in [6.45, 7) is 9.18. The monoisotopic (exact) mass is 169 g/mol. The molecule has 0 spiro atoms. The van der Waals surface area contributed by atoms with E-state index >= 15 is 0 Å². The highest BCUT2D eigenvalue weighted by Gasteiger charge is 2.26. The average Bonchev–Trinajstić information content (AvgIpc) is 2.34. The molecule has 1 fully saturated rings. The predicted molar refractivity (Wildman–Crippen MR) is 54.2 cm³/mol. The molecule has 1 aliphatic rings. The Morgan fingerprint density at radius 2 is 1.75 bits per heavy atom. The van der Waals surface area contributed by atoms with Crippen molar-refractivity contribution in [3.8, 4) is 0 Å². The molecule has 0 saturated heterocycles. The number of hydrogen-bond donors (Lipinski definition) is 1. The van der Waals surface area contributed by atoms with E-state index in [0.29, 0.717) is 6.04 Å². The third-order valence-electron chi connectivity index (χ3n) is 2.99. The summed E-state index contributed by atoms with van der Waals surface area (Å²) in [7, 11) is 0. The van der Waals surface area contributed by atoms with Gasteiger partial charge in [-0.05, 0) is 31.1 Å². The number of rotatable bonds is 3. The Labute approximate surface area is 76.9 Å². The van der Waals surface area contributed by atoms with Gasteiger partial charge in [0.15, 0.2) is 0 Å². The fourth-order valence-electron chi connectivity index (χ4n) is 2.24. The van der Waals surface area contributed by atoms with Gasteiger partial charge in [-0.15, -0.1) is 0 Å². The molecular weight excluding hydrogens is 146 g/mol. The van der Waals surface area contributed by atoms with Gasteiger partial charge in [-0.2, -0.15) is 0 Å². The second-order valence-electron chi connectivity index (χ2n) is 4.84. The van der Waals surface area contributed by atoms with Crippen molar-refractivity contribution in [2.24, 2.45) is 11.8 Å². The zero-order chi connectivity index (χ0) is 9.14. The first-order chi connectivity index (χ1) is 5.59. The van der Waals surface area contributed by atoms with Gasteiger partial charge < -0.3 is 5.32 Å². The van der Waals surface area contributed by atoms with Crippen LogP contribution < -0.4 is 5.32 Å². The average molecular weight is 169 g/mol. The highest BCUT2D eigenvalue weighted by Crippen LogP contribution is 2.31. The molecule has 1 aliphatic carbocycles. The molecule has 0 radical (unpaired) electrons. The molecule has 1 nitrogen and oxygen atoms in total. The lowest BCUT2D eigenvalue weighted by molar-refractivity contribution is 0.375. The van der Waals surface area contributed by atoms with E-state index in [-0.39, 0.29) is 0 Å². The number of nitrogens with one attached hydrogen (secondary N) is 1. The van der Waals surface area contributed by atoms with Crippen molar-refractivity contribution in [1.29, 1.82) is 0 Å². The fourth-order valence-corrected chi connectivity index (χ4v) is 2.24. The van der Waals surface area contributed by atoms with Gasteiger partial charge in [-0.3, -0.25) is 0 Å². The van der Waals surface area contributed by atoms with Gasteiger partial charge in [0, 0.05) is 12.1 Å². The van der Waals surface area contributed by atoms with E-state index in [1.165, 1.54) is 19.3 Å². The maximum Gasteiger partial charge on any atom is 0.00722 e. The molecule has 1 saturated carbocycles. The van der Waals surface area contributed by atoms with Gasteiger partial charge in [-0.1, -0.05) is 27.7 Å². The molecule has 2 atom stereocenters. The van der Waals surface area contributed by atoms with E-state index in [4.69, 9.17) is 0 Å². The first-order valence-electron chi connectivity index (χ1n) is 5.35. The van der Waals surface area contributed by atoms with E-state index in [0.717, 1.165) is 17.9 Å². The third kappa shape index (κ3) is 2.78. The Balaban J connectivity index is 2.26. The first-order valence-corrected chi connectivity index (χ1v) is 5.35. The molecule has 1 N–H and O–H groups in total. The molecule has 72 valence electrons. The molecule has 0 amide bonds. The van der Waals surface area contributed by atoms with Crippen molar-refractivity contribution < 1.29 is 0 Å². The van der Waals surface area contributed by atoms with Gasteiger partial charge in [0.2, 0.25) is 0 Å². The van der Waals surface area contributed by atoms with Crippen LogP contribution >= 0.6 is 0 Å². The smallest absolute Gasteiger partial charge is 0.00722 e. The summed E-state index contributed by atoms with van der Waals surface area (Å²) in [5, 5.41) is 3.63. The molecule has 1 rings (SSSR count). The van der Waals surface area contributed by atoms with Crippen molar-refractivity contribution in [3.05, 3.63) is 0 Å². The van der Waals surface area contributed by atoms with E-state index in [1.807, 2.05) is 0 Å². The van der Waals surface area contributed by atoms with Crippen LogP contribution in [0, 0.1) is 11.8 Å². The predicted octanol–water partition coefficient (Wildman–Crippen LogP) is 2.81. The van der Waals surface area contributed by atoms with Crippen LogP contribution in [0.4, 0.5) is 0 Å². The van der Waals surface area contributed by atoms with Gasteiger partial charge in [-0.25, -0.2) is 0 Å². The molecule has 1 heteroatoms. The Morgan fingerprint density at radius 3 is 2.17 bits per heavy atom. The zero-order valence-corrected chi connectivity index (χ0v) is 8.93. The number of hydrogen-bond acceptors (Lipinski definition) is 1. The van der Waals surface area contributed by atoms with Crippen molar-refractivity contribution >= 4 is 0 Å². The largest absolute Gasteiger partial charge is 0.312 e. The lowest BCUT2D eigenvalue weighted by atomic mass is 9.94. The normalized spacial score (nSPS) is 30.5. The molecule has 12 heavy (non-hydrogen) atoms. The highest BCUT2D eigenvalue weighted by molar-refractivity contribution is 4.82. The molecule has 0 aliphatic heterocycles. The zero-order valence-electron chi connectivity index (χ0n) is 8.93. The molecular formula is C11H23N. The molecule has 0 unspecified atom stereocenters. The molecule has 0 heterocycles. The highest BCUT2D eigenvalue weighted by atomic mass is 14.9. The Bertz CT molecular complexity index is 129. The standard InChI is InChI=1S/C11H23N/c1-8(2)10-5-6-11(7-10)12-9(3)4/h8-12H,5-7H2,1-4H3/t10-,11+/m1/s1. The maximum atomic E-state index is 3.63. The lowest BCUT2D eigenvalue weighted by Crippen LogP contribution is -2.32. The van der Waals surface area contributed by atoms with Crippen LogP contribution in [0.25, 0.3) is 0 Å². The van der Waals surface area contributed by atoms with Crippen molar-refractivity contribution in [3.63, 3.8) is 0 Å². The minimum atomic E-state index is 0.654. The van der Waals surface area contributed by atoms with Crippen LogP contribution in [0.3, 0.4) is 0 Å². The summed E-state index contributed by atoms with van der Waals surface area (Å²) >= 11 is 0. The quantitative estimate of drug-likeness (QED) is 0.685. The van der Waals surface area contributed by atoms with Crippen LogP contribution in [0.2, 0.25) is 0 Å². The summed E-state index contributed by atoms with van der Waals surface area (Å²) in [6, 6.07) is 1.46. The van der Waals surface area contributed by atoms with Crippen LogP contribution in [-0.4, -0.2) is 12.1 Å². The fraction of sp³-hybridized carbons (Fsp3) is 1.00. The molecule has 0 aromatic rings. The van der Waals surface area contributed by atoms with Crippen molar-refractivity contribution in [2.45, 2.75) is 59.0 Å². The minimum Gasteiger partial charge on any atom is -0.312 e. The SMILES string of the molecule is CC(C)N[C@H]1CC[C@@H](C(C)C)C1. The van der Waals surface area contributed by atoms with Gasteiger partial charge >= 0.3 is 0 Å². The Kier molecular flexibility index (Phi) is 3.57. The minimum absolute atomic E-state index is 0.654. The topological polar surface area (TPSA) is 12.0 Å². The summed E-state index contributed by atoms with van der Waals surface area (Å²) in [5.41, 5.74) is 0. The second kappa shape index (κ2) is 4.27. The molecule has 0 aromatic carbocycles. The van der Waals surface area contributed by atoms with Gasteiger partial charge in [0.25, 0.3) is 0 Å². The summed E-state index contributed by atoms with van der Waals surface area (Å²) < 4.78 is 0. The van der Waals surface area contributed by atoms with Crippen molar-refractivity contribution in [2.75, 3.05) is 0 Å². The van der Waals surface area contributed by atoms with E-state index in [9.17, 15) is 0 Å². The molecule has 0 bridgehead atoms.